The van der Waals surface area contributed by atoms with Gasteiger partial charge in [0.15, 0.2) is 0 Å². The highest BCUT2D eigenvalue weighted by Crippen LogP contribution is 2.29. The largest absolute Gasteiger partial charge is 0.494 e. The van der Waals surface area contributed by atoms with Crippen LogP contribution in [0.2, 0.25) is 0 Å². The van der Waals surface area contributed by atoms with E-state index in [1.807, 2.05) is 54.7 Å². The zero-order valence-electron chi connectivity index (χ0n) is 31.2. The molecule has 0 spiro atoms. The molecule has 1 rings (SSSR count). The number of aliphatic carboxylic acids is 1. The summed E-state index contributed by atoms with van der Waals surface area (Å²) in [5.74, 6) is 0.185. The molecule has 1 heterocycles. The number of rotatable bonds is 26. The molecule has 51 heavy (non-hydrogen) atoms. The minimum absolute atomic E-state index is 0.195. The number of hydrogen-bond donors (Lipinski definition) is 3. The van der Waals surface area contributed by atoms with Crippen LogP contribution in [0.1, 0.15) is 104 Å². The monoisotopic (exact) mass is 812 g/mol. The summed E-state index contributed by atoms with van der Waals surface area (Å²) in [6.07, 6.45) is 56.1. The molecule has 0 aromatic rings. The van der Waals surface area contributed by atoms with E-state index in [0.717, 1.165) is 70.0 Å². The lowest BCUT2D eigenvalue weighted by Crippen LogP contribution is -2.17. The zero-order chi connectivity index (χ0) is 37.6. The Bertz CT molecular complexity index is 1210. The van der Waals surface area contributed by atoms with Crippen LogP contribution in [0.5, 0.6) is 0 Å². The molecule has 1 saturated heterocycles. The summed E-state index contributed by atoms with van der Waals surface area (Å²) in [6.45, 7) is 8.06. The molecule has 0 radical (unpaired) electrons. The van der Waals surface area contributed by atoms with Crippen molar-refractivity contribution in [2.45, 2.75) is 126 Å². The Morgan fingerprint density at radius 1 is 0.686 bits per heavy atom. The molecular weight excluding hydrogens is 747 g/mol. The van der Waals surface area contributed by atoms with Crippen molar-refractivity contribution < 1.29 is 24.9 Å². The van der Waals surface area contributed by atoms with Crippen LogP contribution in [0.4, 0.5) is 0 Å². The molecule has 6 heteroatoms. The predicted molar refractivity (Wildman–Crippen MR) is 228 cm³/mol. The smallest absolute Gasteiger partial charge is 0.303 e. The van der Waals surface area contributed by atoms with Gasteiger partial charge in [-0.2, -0.15) is 0 Å². The molecule has 5 nitrogen and oxygen atoms in total. The normalized spacial score (nSPS) is 17.7. The first-order valence-corrected chi connectivity index (χ1v) is 19.8. The van der Waals surface area contributed by atoms with E-state index in [0.29, 0.717) is 29.3 Å². The number of ether oxygens (including phenoxy) is 1. The van der Waals surface area contributed by atoms with E-state index in [2.05, 4.69) is 116 Å². The van der Waals surface area contributed by atoms with Gasteiger partial charge >= 0.3 is 5.97 Å². The van der Waals surface area contributed by atoms with Crippen molar-refractivity contribution in [3.63, 3.8) is 0 Å². The van der Waals surface area contributed by atoms with E-state index in [1.165, 1.54) is 0 Å². The third-order valence-electron chi connectivity index (χ3n) is 7.23. The Morgan fingerprint density at radius 3 is 1.55 bits per heavy atom. The highest BCUT2D eigenvalue weighted by molar-refractivity contribution is 14.1. The van der Waals surface area contributed by atoms with Gasteiger partial charge in [0.25, 0.3) is 0 Å². The van der Waals surface area contributed by atoms with Crippen LogP contribution < -0.4 is 0 Å². The van der Waals surface area contributed by atoms with Crippen molar-refractivity contribution in [3.8, 4) is 0 Å². The van der Waals surface area contributed by atoms with E-state index in [-0.39, 0.29) is 6.42 Å². The minimum Gasteiger partial charge on any atom is -0.494 e. The van der Waals surface area contributed by atoms with E-state index in [9.17, 15) is 15.0 Å². The first-order chi connectivity index (χ1) is 24.8. The standard InChI is InChI=1S/C23H33IO2.C22H32O3/c1-3-4-12-15-21(25)16-13-10-8-6-5-7-9-11-14-17-22(24)23-19-18-20(2)26-23;1-2-3-15-18-21(23)19-16-13-11-9-7-5-4-6-8-10-12-14-17-20-22(24)25/h4-5,7-8,10-14,16,21-23,25H,2-3,6,9,15,17-19H2,1H3;3,5-8,11-16,19,21,23H,2,4,9-10,17-18,20H2,1H3,(H,24,25)/b7-5-,10-8-,12-4-,14-11-,16-13+;7-5-,8-6-,13-11-,14-12-,15-3-,19-16+/t21-,22?,23?;21-/m00/s1. The number of alkyl halides is 1. The SMILES string of the molecule is C=C1CCC(C(I)C/C=C\C/C=C\C/C=C\C=C\[C@@H](O)C/C=C\CC)O1.CC/C=C\C[C@H](O)/C=C/C=C\C/C=C\C/C=C\C/C=C\CCC(=O)O. The maximum Gasteiger partial charge on any atom is 0.303 e. The third-order valence-corrected chi connectivity index (χ3v) is 8.54. The van der Waals surface area contributed by atoms with E-state index in [4.69, 9.17) is 9.84 Å². The highest BCUT2D eigenvalue weighted by atomic mass is 127. The van der Waals surface area contributed by atoms with E-state index in [1.54, 1.807) is 6.08 Å². The lowest BCUT2D eigenvalue weighted by atomic mass is 10.1. The Hall–Kier alpha value is -3.20. The molecule has 2 unspecified atom stereocenters. The van der Waals surface area contributed by atoms with Crippen LogP contribution >= 0.6 is 22.6 Å². The van der Waals surface area contributed by atoms with Gasteiger partial charge in [-0.05, 0) is 77.0 Å². The van der Waals surface area contributed by atoms with Crippen molar-refractivity contribution in [1.29, 1.82) is 0 Å². The summed E-state index contributed by atoms with van der Waals surface area (Å²) in [7, 11) is 0. The maximum atomic E-state index is 10.3. The van der Waals surface area contributed by atoms with Crippen molar-refractivity contribution >= 4 is 28.6 Å². The van der Waals surface area contributed by atoms with Gasteiger partial charge in [0, 0.05) is 12.8 Å². The summed E-state index contributed by atoms with van der Waals surface area (Å²) in [5, 5.41) is 27.9. The molecule has 0 bridgehead atoms. The van der Waals surface area contributed by atoms with Crippen LogP contribution in [0.15, 0.2) is 146 Å². The van der Waals surface area contributed by atoms with Gasteiger partial charge in [-0.25, -0.2) is 0 Å². The molecule has 0 amide bonds. The van der Waals surface area contributed by atoms with Crippen LogP contribution in [0, 0.1) is 0 Å². The van der Waals surface area contributed by atoms with Gasteiger partial charge in [0.2, 0.25) is 0 Å². The van der Waals surface area contributed by atoms with Gasteiger partial charge in [0.1, 0.15) is 6.10 Å². The summed E-state index contributed by atoms with van der Waals surface area (Å²) in [5.41, 5.74) is 0. The second kappa shape index (κ2) is 36.6. The fourth-order valence-corrected chi connectivity index (χ4v) is 5.22. The van der Waals surface area contributed by atoms with Crippen molar-refractivity contribution in [3.05, 3.63) is 146 Å². The molecule has 0 aromatic heterocycles. The highest BCUT2D eigenvalue weighted by Gasteiger charge is 2.25. The molecule has 4 atom stereocenters. The first kappa shape index (κ1) is 47.8. The van der Waals surface area contributed by atoms with Crippen LogP contribution in [0.25, 0.3) is 0 Å². The Morgan fingerprint density at radius 2 is 1.12 bits per heavy atom. The van der Waals surface area contributed by atoms with E-state index < -0.39 is 18.2 Å². The van der Waals surface area contributed by atoms with Gasteiger partial charge in [0.05, 0.1) is 21.9 Å². The molecule has 282 valence electrons. The van der Waals surface area contributed by atoms with Gasteiger partial charge in [-0.1, -0.05) is 177 Å². The number of aliphatic hydroxyl groups is 2. The zero-order valence-corrected chi connectivity index (χ0v) is 33.3. The summed E-state index contributed by atoms with van der Waals surface area (Å²) < 4.78 is 6.25. The summed E-state index contributed by atoms with van der Waals surface area (Å²) in [4.78, 5) is 10.3. The van der Waals surface area contributed by atoms with E-state index >= 15 is 0 Å². The molecule has 0 saturated carbocycles. The molecule has 1 aliphatic rings. The van der Waals surface area contributed by atoms with Crippen LogP contribution in [0.3, 0.4) is 0 Å². The van der Waals surface area contributed by atoms with Crippen molar-refractivity contribution in [2.75, 3.05) is 0 Å². The van der Waals surface area contributed by atoms with Gasteiger partial charge in [-0.3, -0.25) is 4.79 Å². The van der Waals surface area contributed by atoms with Crippen LogP contribution in [-0.4, -0.2) is 43.5 Å². The number of hydrogen-bond acceptors (Lipinski definition) is 4. The van der Waals surface area contributed by atoms with Gasteiger partial charge < -0.3 is 20.1 Å². The number of carboxylic acid groups (broad SMARTS) is 1. The topological polar surface area (TPSA) is 87.0 Å². The molecule has 1 aliphatic heterocycles. The summed E-state index contributed by atoms with van der Waals surface area (Å²) >= 11 is 2.48. The number of carbonyl (C=O) groups is 1. The number of allylic oxidation sites excluding steroid dienone is 19. The first-order valence-electron chi connectivity index (χ1n) is 18.6. The lowest BCUT2D eigenvalue weighted by molar-refractivity contribution is -0.136. The minimum atomic E-state index is -0.754. The molecule has 3 N–H and O–H groups in total. The third kappa shape index (κ3) is 35.0. The lowest BCUT2D eigenvalue weighted by Gasteiger charge is -2.15. The second-order valence-corrected chi connectivity index (χ2v) is 13.5. The molecule has 0 aromatic carbocycles. The molecule has 0 aliphatic carbocycles. The molecular formula is C45H65IO5. The quantitative estimate of drug-likeness (QED) is 0.0350. The number of carboxylic acids is 1. The maximum absolute atomic E-state index is 10.3. The van der Waals surface area contributed by atoms with Crippen LogP contribution in [-0.2, 0) is 9.53 Å². The Kier molecular flexibility index (Phi) is 34.3. The summed E-state index contributed by atoms with van der Waals surface area (Å²) in [6, 6.07) is 0. The number of halogens is 1. The molecule has 1 fully saturated rings. The number of aliphatic hydroxyl groups excluding tert-OH is 2. The predicted octanol–water partition coefficient (Wildman–Crippen LogP) is 12.1. The van der Waals surface area contributed by atoms with Gasteiger partial charge in [-0.15, -0.1) is 0 Å². The fraction of sp³-hybridized carbons (Fsp3) is 0.444. The Balaban J connectivity index is 0.000000982. The van der Waals surface area contributed by atoms with Crippen molar-refractivity contribution in [2.24, 2.45) is 0 Å². The average molecular weight is 813 g/mol. The Labute approximate surface area is 323 Å². The fourth-order valence-electron chi connectivity index (χ4n) is 4.42. The average Bonchev–Trinajstić information content (AvgIpc) is 3.55. The van der Waals surface area contributed by atoms with Crippen molar-refractivity contribution in [1.82, 2.24) is 0 Å². The second-order valence-electron chi connectivity index (χ2n) is 11.9.